The molecule has 0 amide bonds. The first-order chi connectivity index (χ1) is 10.0. The van der Waals surface area contributed by atoms with E-state index in [1.165, 1.54) is 36.4 Å². The van der Waals surface area contributed by atoms with Gasteiger partial charge in [-0.1, -0.05) is 6.07 Å². The van der Waals surface area contributed by atoms with E-state index < -0.39 is 9.85 Å². The maximum atomic E-state index is 10.8. The second kappa shape index (κ2) is 5.78. The van der Waals surface area contributed by atoms with E-state index in [0.717, 1.165) is 6.07 Å². The third-order valence-electron chi connectivity index (χ3n) is 2.59. The maximum Gasteiger partial charge on any atom is 0.280 e. The fourth-order valence-corrected chi connectivity index (χ4v) is 1.65. The van der Waals surface area contributed by atoms with Gasteiger partial charge in [-0.05, 0) is 18.2 Å². The van der Waals surface area contributed by atoms with Gasteiger partial charge in [-0.25, -0.2) is 0 Å². The number of rotatable bonds is 5. The quantitative estimate of drug-likeness (QED) is 0.474. The number of nitrogens with zero attached hydrogens (tertiary/aromatic N) is 2. The van der Waals surface area contributed by atoms with Crippen LogP contribution in [0.5, 0.6) is 11.5 Å². The number of hydrogen-bond acceptors (Lipinski definition) is 6. The summed E-state index contributed by atoms with van der Waals surface area (Å²) in [5.41, 5.74) is -0.621. The van der Waals surface area contributed by atoms with E-state index in [0.29, 0.717) is 6.29 Å². The second-order valence-electron chi connectivity index (χ2n) is 3.95. The SMILES string of the molecule is O=Cc1cc(Oc2cccc([N+](=O)[O-])c2)ccc1[N+](=O)[O-]. The van der Waals surface area contributed by atoms with Crippen LogP contribution in [-0.2, 0) is 0 Å². The largest absolute Gasteiger partial charge is 0.457 e. The number of hydrogen-bond donors (Lipinski definition) is 0. The molecule has 0 aliphatic carbocycles. The van der Waals surface area contributed by atoms with E-state index in [-0.39, 0.29) is 28.4 Å². The molecule has 0 N–H and O–H groups in total. The number of aldehydes is 1. The molecule has 8 heteroatoms. The Morgan fingerprint density at radius 1 is 0.952 bits per heavy atom. The van der Waals surface area contributed by atoms with Gasteiger partial charge in [-0.2, -0.15) is 0 Å². The normalized spacial score (nSPS) is 9.90. The van der Waals surface area contributed by atoms with Crippen LogP contribution in [0.25, 0.3) is 0 Å². The van der Waals surface area contributed by atoms with Gasteiger partial charge >= 0.3 is 0 Å². The molecule has 0 bridgehead atoms. The molecule has 0 fully saturated rings. The van der Waals surface area contributed by atoms with Crippen LogP contribution in [0.4, 0.5) is 11.4 Å². The molecular formula is C13H8N2O6. The molecule has 8 nitrogen and oxygen atoms in total. The molecule has 0 atom stereocenters. The molecule has 2 rings (SSSR count). The Labute approximate surface area is 117 Å². The van der Waals surface area contributed by atoms with E-state index in [1.54, 1.807) is 0 Å². The minimum atomic E-state index is -0.680. The first kappa shape index (κ1) is 14.1. The number of nitro groups is 2. The summed E-state index contributed by atoms with van der Waals surface area (Å²) >= 11 is 0. The van der Waals surface area contributed by atoms with Crippen molar-refractivity contribution in [2.45, 2.75) is 0 Å². The third-order valence-corrected chi connectivity index (χ3v) is 2.59. The molecule has 0 aromatic heterocycles. The van der Waals surface area contributed by atoms with Gasteiger partial charge in [0.25, 0.3) is 11.4 Å². The zero-order valence-corrected chi connectivity index (χ0v) is 10.5. The third kappa shape index (κ3) is 3.18. The molecule has 0 saturated heterocycles. The van der Waals surface area contributed by atoms with Gasteiger partial charge in [0.15, 0.2) is 6.29 Å². The molecule has 0 unspecified atom stereocenters. The average Bonchev–Trinajstić information content (AvgIpc) is 2.47. The molecule has 0 saturated carbocycles. The fraction of sp³-hybridized carbons (Fsp3) is 0. The standard InChI is InChI=1S/C13H8N2O6/c16-8-9-6-12(4-5-13(9)15(19)20)21-11-3-1-2-10(7-11)14(17)18/h1-8H. The van der Waals surface area contributed by atoms with Crippen molar-refractivity contribution in [3.63, 3.8) is 0 Å². The minimum Gasteiger partial charge on any atom is -0.457 e. The summed E-state index contributed by atoms with van der Waals surface area (Å²) in [7, 11) is 0. The monoisotopic (exact) mass is 288 g/mol. The van der Waals surface area contributed by atoms with Crippen molar-refractivity contribution in [2.24, 2.45) is 0 Å². The average molecular weight is 288 g/mol. The highest BCUT2D eigenvalue weighted by molar-refractivity contribution is 5.82. The fourth-order valence-electron chi connectivity index (χ4n) is 1.65. The summed E-state index contributed by atoms with van der Waals surface area (Å²) in [5, 5.41) is 21.4. The summed E-state index contributed by atoms with van der Waals surface area (Å²) in [4.78, 5) is 30.9. The highest BCUT2D eigenvalue weighted by Crippen LogP contribution is 2.28. The minimum absolute atomic E-state index is 0.136. The molecule has 0 aliphatic rings. The van der Waals surface area contributed by atoms with Crippen molar-refractivity contribution in [2.75, 3.05) is 0 Å². The van der Waals surface area contributed by atoms with Crippen LogP contribution >= 0.6 is 0 Å². The molecule has 0 radical (unpaired) electrons. The number of carbonyl (C=O) groups is 1. The Morgan fingerprint density at radius 2 is 1.67 bits per heavy atom. The smallest absolute Gasteiger partial charge is 0.280 e. The lowest BCUT2D eigenvalue weighted by Gasteiger charge is -2.06. The van der Waals surface area contributed by atoms with Crippen LogP contribution in [0.15, 0.2) is 42.5 Å². The lowest BCUT2D eigenvalue weighted by atomic mass is 10.2. The van der Waals surface area contributed by atoms with Gasteiger partial charge in [0.1, 0.15) is 11.5 Å². The van der Waals surface area contributed by atoms with Gasteiger partial charge < -0.3 is 4.74 Å². The zero-order valence-electron chi connectivity index (χ0n) is 10.5. The zero-order chi connectivity index (χ0) is 15.4. The topological polar surface area (TPSA) is 113 Å². The predicted octanol–water partition coefficient (Wildman–Crippen LogP) is 3.11. The Bertz CT molecular complexity index is 728. The molecule has 106 valence electrons. The molecule has 0 spiro atoms. The number of carbonyl (C=O) groups excluding carboxylic acids is 1. The summed E-state index contributed by atoms with van der Waals surface area (Å²) in [5.74, 6) is 0.359. The van der Waals surface area contributed by atoms with Gasteiger partial charge in [0.05, 0.1) is 21.5 Å². The maximum absolute atomic E-state index is 10.8. The lowest BCUT2D eigenvalue weighted by Crippen LogP contribution is -1.95. The van der Waals surface area contributed by atoms with Crippen LogP contribution in [0.3, 0.4) is 0 Å². The van der Waals surface area contributed by atoms with Crippen LogP contribution in [0.1, 0.15) is 10.4 Å². The highest BCUT2D eigenvalue weighted by Gasteiger charge is 2.14. The van der Waals surface area contributed by atoms with Crippen LogP contribution in [-0.4, -0.2) is 16.1 Å². The van der Waals surface area contributed by atoms with Gasteiger partial charge in [0.2, 0.25) is 0 Å². The van der Waals surface area contributed by atoms with Crippen LogP contribution in [0, 0.1) is 20.2 Å². The highest BCUT2D eigenvalue weighted by atomic mass is 16.6. The molecule has 2 aromatic carbocycles. The molecule has 0 aliphatic heterocycles. The first-order valence-electron chi connectivity index (χ1n) is 5.67. The Morgan fingerprint density at radius 3 is 2.29 bits per heavy atom. The number of non-ortho nitro benzene ring substituents is 1. The van der Waals surface area contributed by atoms with Crippen LogP contribution < -0.4 is 4.74 Å². The second-order valence-corrected chi connectivity index (χ2v) is 3.95. The van der Waals surface area contributed by atoms with Gasteiger partial charge in [-0.15, -0.1) is 0 Å². The van der Waals surface area contributed by atoms with Crippen molar-refractivity contribution >= 4 is 17.7 Å². The van der Waals surface area contributed by atoms with Gasteiger partial charge in [-0.3, -0.25) is 25.0 Å². The summed E-state index contributed by atoms with van der Waals surface area (Å²) < 4.78 is 5.36. The number of benzene rings is 2. The van der Waals surface area contributed by atoms with E-state index >= 15 is 0 Å². The van der Waals surface area contributed by atoms with Crippen molar-refractivity contribution in [3.8, 4) is 11.5 Å². The van der Waals surface area contributed by atoms with Crippen molar-refractivity contribution in [1.82, 2.24) is 0 Å². The summed E-state index contributed by atoms with van der Waals surface area (Å²) in [6, 6.07) is 9.10. The Balaban J connectivity index is 2.32. The lowest BCUT2D eigenvalue weighted by molar-refractivity contribution is -0.385. The van der Waals surface area contributed by atoms with Gasteiger partial charge in [0, 0.05) is 12.1 Å². The van der Waals surface area contributed by atoms with E-state index in [9.17, 15) is 25.0 Å². The summed E-state index contributed by atoms with van der Waals surface area (Å²) in [6.45, 7) is 0. The van der Waals surface area contributed by atoms with E-state index in [4.69, 9.17) is 4.74 Å². The molecule has 2 aromatic rings. The first-order valence-corrected chi connectivity index (χ1v) is 5.67. The molecule has 0 heterocycles. The molecular weight excluding hydrogens is 280 g/mol. The van der Waals surface area contributed by atoms with Crippen LogP contribution in [0.2, 0.25) is 0 Å². The number of ether oxygens (including phenoxy) is 1. The van der Waals surface area contributed by atoms with Crippen molar-refractivity contribution in [1.29, 1.82) is 0 Å². The number of nitro benzene ring substituents is 2. The predicted molar refractivity (Wildman–Crippen MR) is 71.7 cm³/mol. The van der Waals surface area contributed by atoms with E-state index in [2.05, 4.69) is 0 Å². The van der Waals surface area contributed by atoms with Crippen molar-refractivity contribution < 1.29 is 19.4 Å². The molecule has 21 heavy (non-hydrogen) atoms. The Hall–Kier alpha value is -3.29. The van der Waals surface area contributed by atoms with E-state index in [1.807, 2.05) is 0 Å². The van der Waals surface area contributed by atoms with Crippen molar-refractivity contribution in [3.05, 3.63) is 68.3 Å². The summed E-state index contributed by atoms with van der Waals surface area (Å²) in [6.07, 6.45) is 0.346. The Kier molecular flexibility index (Phi) is 3.89.